The van der Waals surface area contributed by atoms with Crippen LogP contribution in [0.1, 0.15) is 6.92 Å². The maximum absolute atomic E-state index is 3.01. The van der Waals surface area contributed by atoms with Gasteiger partial charge in [0.2, 0.25) is 0 Å². The second-order valence-electron chi connectivity index (χ2n) is 1.91. The quantitative estimate of drug-likeness (QED) is 0.476. The van der Waals surface area contributed by atoms with Gasteiger partial charge >= 0.3 is 0 Å². The lowest BCUT2D eigenvalue weighted by atomic mass is 10.6. The first-order chi connectivity index (χ1) is 4.83. The molecule has 3 heteroatoms. The van der Waals surface area contributed by atoms with E-state index in [0.717, 1.165) is 19.6 Å². The second kappa shape index (κ2) is 15.9. The molecule has 0 aromatic heterocycles. The molecule has 0 rings (SSSR count). The van der Waals surface area contributed by atoms with Gasteiger partial charge in [-0.05, 0) is 27.7 Å². The summed E-state index contributed by atoms with van der Waals surface area (Å²) in [6, 6.07) is 0. The zero-order valence-corrected chi connectivity index (χ0v) is 7.62. The highest BCUT2D eigenvalue weighted by molar-refractivity contribution is 4.38. The molecule has 0 bridgehead atoms. The van der Waals surface area contributed by atoms with Gasteiger partial charge in [0, 0.05) is 13.1 Å². The lowest BCUT2D eigenvalue weighted by molar-refractivity contribution is 0.718. The van der Waals surface area contributed by atoms with Crippen molar-refractivity contribution < 1.29 is 0 Å². The van der Waals surface area contributed by atoms with Crippen molar-refractivity contribution in [1.29, 1.82) is 0 Å². The molecule has 0 aromatic carbocycles. The van der Waals surface area contributed by atoms with Crippen molar-refractivity contribution in [3.8, 4) is 0 Å². The van der Waals surface area contributed by atoms with Crippen LogP contribution in [0.4, 0.5) is 0 Å². The van der Waals surface area contributed by atoms with Gasteiger partial charge in [0.15, 0.2) is 0 Å². The Labute approximate surface area is 64.6 Å². The maximum atomic E-state index is 3.01. The summed E-state index contributed by atoms with van der Waals surface area (Å²) in [5.41, 5.74) is 0. The number of hydrogen-bond acceptors (Lipinski definition) is 3. The number of hydrogen-bond donors (Lipinski definition) is 3. The lowest BCUT2D eigenvalue weighted by Gasteiger charge is -1.92. The van der Waals surface area contributed by atoms with Crippen LogP contribution in [0.5, 0.6) is 0 Å². The topological polar surface area (TPSA) is 36.1 Å². The van der Waals surface area contributed by atoms with E-state index in [1.807, 2.05) is 21.1 Å². The van der Waals surface area contributed by atoms with Gasteiger partial charge in [-0.2, -0.15) is 0 Å². The summed E-state index contributed by atoms with van der Waals surface area (Å²) in [7, 11) is 5.81. The highest BCUT2D eigenvalue weighted by Gasteiger charge is 1.70. The van der Waals surface area contributed by atoms with E-state index in [1.54, 1.807) is 0 Å². The molecule has 3 N–H and O–H groups in total. The third-order valence-corrected chi connectivity index (χ3v) is 0.979. The van der Waals surface area contributed by atoms with Crippen molar-refractivity contribution >= 4 is 0 Å². The molecule has 0 saturated heterocycles. The summed E-state index contributed by atoms with van der Waals surface area (Å²) in [5, 5.41) is 8.94. The number of rotatable bonds is 4. The molecule has 0 radical (unpaired) electrons. The Morgan fingerprint density at radius 1 is 0.800 bits per heavy atom. The molecule has 64 valence electrons. The summed E-state index contributed by atoms with van der Waals surface area (Å²) in [6.45, 7) is 5.24. The second-order valence-corrected chi connectivity index (χ2v) is 1.91. The fourth-order valence-electron chi connectivity index (χ4n) is 0.250. The Balaban J connectivity index is 0. The Bertz CT molecular complexity index is 33.8. The molecule has 0 heterocycles. The van der Waals surface area contributed by atoms with Gasteiger partial charge in [-0.1, -0.05) is 6.92 Å². The molecule has 0 aromatic rings. The highest BCUT2D eigenvalue weighted by Crippen LogP contribution is 1.45. The van der Waals surface area contributed by atoms with Crippen molar-refractivity contribution in [2.75, 3.05) is 40.8 Å². The minimum absolute atomic E-state index is 1.05. The first kappa shape index (κ1) is 12.5. The van der Waals surface area contributed by atoms with E-state index in [1.165, 1.54) is 0 Å². The van der Waals surface area contributed by atoms with E-state index in [2.05, 4.69) is 22.9 Å². The molecular weight excluding hydrogens is 126 g/mol. The zero-order valence-electron chi connectivity index (χ0n) is 7.62. The highest BCUT2D eigenvalue weighted by atomic mass is 14.9. The third kappa shape index (κ3) is 24.8. The first-order valence-corrected chi connectivity index (χ1v) is 3.77. The fraction of sp³-hybridized carbons (Fsp3) is 1.00. The number of likely N-dealkylation sites (N-methyl/N-ethyl adjacent to an activating group) is 2. The van der Waals surface area contributed by atoms with Gasteiger partial charge in [0.05, 0.1) is 0 Å². The molecule has 0 spiro atoms. The molecule has 0 unspecified atom stereocenters. The average molecular weight is 147 g/mol. The van der Waals surface area contributed by atoms with Crippen molar-refractivity contribution in [3.05, 3.63) is 0 Å². The summed E-state index contributed by atoms with van der Waals surface area (Å²) < 4.78 is 0. The van der Waals surface area contributed by atoms with Crippen LogP contribution in [0, 0.1) is 0 Å². The number of nitrogens with one attached hydrogen (secondary N) is 3. The van der Waals surface area contributed by atoms with Gasteiger partial charge < -0.3 is 16.0 Å². The third-order valence-electron chi connectivity index (χ3n) is 0.979. The molecule has 0 aliphatic carbocycles. The maximum Gasteiger partial charge on any atom is 0.00736 e. The van der Waals surface area contributed by atoms with Gasteiger partial charge in [-0.3, -0.25) is 0 Å². The molecular formula is C7H21N3. The van der Waals surface area contributed by atoms with E-state index < -0.39 is 0 Å². The van der Waals surface area contributed by atoms with E-state index >= 15 is 0 Å². The van der Waals surface area contributed by atoms with Crippen LogP contribution in [-0.2, 0) is 0 Å². The average Bonchev–Trinajstić information content (AvgIpc) is 2.01. The van der Waals surface area contributed by atoms with Gasteiger partial charge in [0.1, 0.15) is 0 Å². The zero-order chi connectivity index (χ0) is 8.24. The minimum atomic E-state index is 1.05. The van der Waals surface area contributed by atoms with Crippen LogP contribution < -0.4 is 16.0 Å². The fourth-order valence-corrected chi connectivity index (χ4v) is 0.250. The van der Waals surface area contributed by atoms with Crippen LogP contribution in [-0.4, -0.2) is 40.8 Å². The monoisotopic (exact) mass is 147 g/mol. The summed E-state index contributed by atoms with van der Waals surface area (Å²) in [5.74, 6) is 0. The van der Waals surface area contributed by atoms with Gasteiger partial charge in [-0.25, -0.2) is 0 Å². The van der Waals surface area contributed by atoms with Crippen LogP contribution in [0.25, 0.3) is 0 Å². The molecule has 0 fully saturated rings. The van der Waals surface area contributed by atoms with Crippen molar-refractivity contribution in [3.63, 3.8) is 0 Å². The predicted molar refractivity (Wildman–Crippen MR) is 47.5 cm³/mol. The minimum Gasteiger partial charge on any atom is -0.320 e. The summed E-state index contributed by atoms with van der Waals surface area (Å²) in [4.78, 5) is 0. The molecule has 0 aliphatic heterocycles. The smallest absolute Gasteiger partial charge is 0.00736 e. The normalized spacial score (nSPS) is 8.40. The largest absolute Gasteiger partial charge is 0.320 e. The van der Waals surface area contributed by atoms with Crippen LogP contribution >= 0.6 is 0 Å². The molecule has 0 atom stereocenters. The SMILES string of the molecule is CCNC.CNCCNC. The van der Waals surface area contributed by atoms with Gasteiger partial charge in [0.25, 0.3) is 0 Å². The molecule has 0 saturated carbocycles. The van der Waals surface area contributed by atoms with Crippen LogP contribution in [0.3, 0.4) is 0 Å². The van der Waals surface area contributed by atoms with Crippen molar-refractivity contribution in [2.45, 2.75) is 6.92 Å². The Kier molecular flexibility index (Phi) is 20.0. The Morgan fingerprint density at radius 3 is 1.20 bits per heavy atom. The van der Waals surface area contributed by atoms with Crippen LogP contribution in [0.2, 0.25) is 0 Å². The molecule has 0 aliphatic rings. The molecule has 0 amide bonds. The molecule has 10 heavy (non-hydrogen) atoms. The Morgan fingerprint density at radius 2 is 1.10 bits per heavy atom. The Hall–Kier alpha value is -0.120. The standard InChI is InChI=1S/C4H12N2.C3H9N/c1-5-3-4-6-2;1-3-4-2/h5-6H,3-4H2,1-2H3;4H,3H2,1-2H3. The van der Waals surface area contributed by atoms with Gasteiger partial charge in [-0.15, -0.1) is 0 Å². The van der Waals surface area contributed by atoms with Crippen molar-refractivity contribution in [1.82, 2.24) is 16.0 Å². The first-order valence-electron chi connectivity index (χ1n) is 3.77. The van der Waals surface area contributed by atoms with E-state index in [-0.39, 0.29) is 0 Å². The van der Waals surface area contributed by atoms with E-state index in [9.17, 15) is 0 Å². The van der Waals surface area contributed by atoms with E-state index in [0.29, 0.717) is 0 Å². The van der Waals surface area contributed by atoms with Crippen molar-refractivity contribution in [2.24, 2.45) is 0 Å². The summed E-state index contributed by atoms with van der Waals surface area (Å²) >= 11 is 0. The predicted octanol–water partition coefficient (Wildman–Crippen LogP) is -0.349. The van der Waals surface area contributed by atoms with E-state index in [4.69, 9.17) is 0 Å². The lowest BCUT2D eigenvalue weighted by Crippen LogP contribution is -2.21. The van der Waals surface area contributed by atoms with Crippen LogP contribution in [0.15, 0.2) is 0 Å². The molecule has 3 nitrogen and oxygen atoms in total. The summed E-state index contributed by atoms with van der Waals surface area (Å²) in [6.07, 6.45) is 0.